The van der Waals surface area contributed by atoms with Crippen LogP contribution in [-0.2, 0) is 4.74 Å². The quantitative estimate of drug-likeness (QED) is 0.682. The van der Waals surface area contributed by atoms with Crippen LogP contribution in [0.5, 0.6) is 0 Å². The molecule has 1 unspecified atom stereocenters. The Balaban J connectivity index is 2.20. The van der Waals surface area contributed by atoms with E-state index in [4.69, 9.17) is 4.74 Å². The molecule has 0 bridgehead atoms. The molecule has 0 radical (unpaired) electrons. The number of unbranched alkanes of at least 4 members (excludes halogenated alkanes) is 2. The summed E-state index contributed by atoms with van der Waals surface area (Å²) in [5.74, 6) is 0. The fourth-order valence-corrected chi connectivity index (χ4v) is 2.89. The molecule has 0 aromatic heterocycles. The van der Waals surface area contributed by atoms with Crippen LogP contribution in [0.2, 0.25) is 0 Å². The van der Waals surface area contributed by atoms with Crippen LogP contribution in [0, 0.1) is 0 Å². The number of benzene rings is 1. The largest absolute Gasteiger partial charge is 0.475 e. The second-order valence-corrected chi connectivity index (χ2v) is 5.46. The van der Waals surface area contributed by atoms with Crippen LogP contribution < -0.4 is 0 Å². The van der Waals surface area contributed by atoms with Gasteiger partial charge >= 0.3 is 0 Å². The molecule has 2 rings (SSSR count). The third-order valence-corrected chi connectivity index (χ3v) is 4.02. The monoisotopic (exact) mass is 259 g/mol. The Hall–Kier alpha value is -1.31. The lowest BCUT2D eigenvalue weighted by Crippen LogP contribution is -2.35. The minimum atomic E-state index is -0.104. The lowest BCUT2D eigenvalue weighted by atomic mass is 9.81. The third-order valence-electron chi connectivity index (χ3n) is 4.02. The van der Waals surface area contributed by atoms with Crippen molar-refractivity contribution >= 4 is 6.40 Å². The molecule has 104 valence electrons. The zero-order chi connectivity index (χ0) is 13.6. The molecule has 0 N–H and O–H groups in total. The van der Waals surface area contributed by atoms with Crippen molar-refractivity contribution in [2.24, 2.45) is 4.99 Å². The summed E-state index contributed by atoms with van der Waals surface area (Å²) in [5, 5.41) is 0. The maximum absolute atomic E-state index is 6.02. The van der Waals surface area contributed by atoms with Gasteiger partial charge in [-0.15, -0.1) is 0 Å². The highest BCUT2D eigenvalue weighted by molar-refractivity contribution is 5.53. The predicted molar refractivity (Wildman–Crippen MR) is 80.5 cm³/mol. The van der Waals surface area contributed by atoms with Crippen LogP contribution >= 0.6 is 0 Å². The van der Waals surface area contributed by atoms with E-state index in [1.807, 2.05) is 0 Å². The summed E-state index contributed by atoms with van der Waals surface area (Å²) in [6.45, 7) is 4.47. The Kier molecular flexibility index (Phi) is 5.00. The van der Waals surface area contributed by atoms with Crippen molar-refractivity contribution in [3.63, 3.8) is 0 Å². The van der Waals surface area contributed by atoms with Crippen LogP contribution in [0.1, 0.15) is 64.0 Å². The maximum atomic E-state index is 6.02. The summed E-state index contributed by atoms with van der Waals surface area (Å²) in [7, 11) is 0. The summed E-state index contributed by atoms with van der Waals surface area (Å²) >= 11 is 0. The highest BCUT2D eigenvalue weighted by atomic mass is 16.5. The molecular weight excluding hydrogens is 234 g/mol. The first-order valence-corrected chi connectivity index (χ1v) is 7.57. The van der Waals surface area contributed by atoms with Gasteiger partial charge in [0.25, 0.3) is 0 Å². The molecular formula is C17H25NO. The summed E-state index contributed by atoms with van der Waals surface area (Å²) in [4.78, 5) is 4.62. The standard InChI is InChI=1S/C17H25NO/c1-3-5-12-17(13-6-4-2)16(18-14-19-17)15-10-8-7-9-11-15/h7-11,14,16H,3-6,12-13H2,1-2H3. The summed E-state index contributed by atoms with van der Waals surface area (Å²) < 4.78 is 6.02. The predicted octanol–water partition coefficient (Wildman–Crippen LogP) is 4.91. The zero-order valence-electron chi connectivity index (χ0n) is 12.1. The summed E-state index contributed by atoms with van der Waals surface area (Å²) in [5.41, 5.74) is 1.18. The number of ether oxygens (including phenoxy) is 1. The van der Waals surface area contributed by atoms with E-state index in [9.17, 15) is 0 Å². The maximum Gasteiger partial charge on any atom is 0.171 e. The number of rotatable bonds is 7. The molecule has 1 aromatic rings. The molecule has 1 aliphatic rings. The molecule has 0 amide bonds. The average molecular weight is 259 g/mol. The van der Waals surface area contributed by atoms with Gasteiger partial charge in [0.1, 0.15) is 11.6 Å². The van der Waals surface area contributed by atoms with Gasteiger partial charge < -0.3 is 4.74 Å². The first-order chi connectivity index (χ1) is 9.32. The molecule has 0 spiro atoms. The lowest BCUT2D eigenvalue weighted by molar-refractivity contribution is 0.0376. The van der Waals surface area contributed by atoms with Crippen molar-refractivity contribution in [3.8, 4) is 0 Å². The van der Waals surface area contributed by atoms with E-state index in [0.29, 0.717) is 0 Å². The highest BCUT2D eigenvalue weighted by Crippen LogP contribution is 2.43. The molecule has 1 aromatic carbocycles. The van der Waals surface area contributed by atoms with Crippen molar-refractivity contribution in [2.75, 3.05) is 0 Å². The van der Waals surface area contributed by atoms with E-state index in [1.54, 1.807) is 6.40 Å². The Morgan fingerprint density at radius 1 is 1.05 bits per heavy atom. The Morgan fingerprint density at radius 2 is 1.68 bits per heavy atom. The second-order valence-electron chi connectivity index (χ2n) is 5.46. The van der Waals surface area contributed by atoms with Gasteiger partial charge in [0.05, 0.1) is 0 Å². The van der Waals surface area contributed by atoms with Gasteiger partial charge in [-0.25, -0.2) is 4.99 Å². The molecule has 2 nitrogen and oxygen atoms in total. The van der Waals surface area contributed by atoms with Crippen molar-refractivity contribution in [1.82, 2.24) is 0 Å². The van der Waals surface area contributed by atoms with E-state index in [0.717, 1.165) is 12.8 Å². The average Bonchev–Trinajstić information content (AvgIpc) is 2.88. The first kappa shape index (κ1) is 14.1. The molecule has 0 saturated heterocycles. The van der Waals surface area contributed by atoms with Gasteiger partial charge in [0, 0.05) is 0 Å². The molecule has 1 heterocycles. The lowest BCUT2D eigenvalue weighted by Gasteiger charge is -2.33. The molecule has 1 aliphatic heterocycles. The van der Waals surface area contributed by atoms with Gasteiger partial charge in [-0.1, -0.05) is 57.0 Å². The highest BCUT2D eigenvalue weighted by Gasteiger charge is 2.43. The van der Waals surface area contributed by atoms with Crippen molar-refractivity contribution in [3.05, 3.63) is 35.9 Å². The van der Waals surface area contributed by atoms with Gasteiger partial charge in [0.15, 0.2) is 6.40 Å². The minimum absolute atomic E-state index is 0.104. The van der Waals surface area contributed by atoms with Crippen LogP contribution in [0.3, 0.4) is 0 Å². The van der Waals surface area contributed by atoms with E-state index >= 15 is 0 Å². The summed E-state index contributed by atoms with van der Waals surface area (Å²) in [6.07, 6.45) is 8.71. The molecule has 1 atom stereocenters. The minimum Gasteiger partial charge on any atom is -0.475 e. The number of nitrogens with zero attached hydrogens (tertiary/aromatic N) is 1. The van der Waals surface area contributed by atoms with E-state index in [-0.39, 0.29) is 11.6 Å². The smallest absolute Gasteiger partial charge is 0.171 e. The summed E-state index contributed by atoms with van der Waals surface area (Å²) in [6, 6.07) is 10.8. The van der Waals surface area contributed by atoms with Crippen molar-refractivity contribution in [1.29, 1.82) is 0 Å². The van der Waals surface area contributed by atoms with E-state index < -0.39 is 0 Å². The van der Waals surface area contributed by atoms with Crippen LogP contribution in [0.15, 0.2) is 35.3 Å². The second kappa shape index (κ2) is 6.74. The SMILES string of the molecule is CCCCC1(CCCC)OC=NC1c1ccccc1. The number of aliphatic imine (C=N–C) groups is 1. The topological polar surface area (TPSA) is 21.6 Å². The first-order valence-electron chi connectivity index (χ1n) is 7.57. The van der Waals surface area contributed by atoms with E-state index in [1.165, 1.54) is 31.2 Å². The normalized spacial score (nSPS) is 20.4. The van der Waals surface area contributed by atoms with Gasteiger partial charge in [-0.05, 0) is 31.2 Å². The molecule has 0 fully saturated rings. The molecule has 19 heavy (non-hydrogen) atoms. The van der Waals surface area contributed by atoms with Gasteiger partial charge in [-0.2, -0.15) is 0 Å². The van der Waals surface area contributed by atoms with Gasteiger partial charge in [0.2, 0.25) is 0 Å². The van der Waals surface area contributed by atoms with Crippen molar-refractivity contribution in [2.45, 2.75) is 64.0 Å². The molecule has 0 aliphatic carbocycles. The fourth-order valence-electron chi connectivity index (χ4n) is 2.89. The number of hydrogen-bond donors (Lipinski definition) is 0. The Bertz CT molecular complexity index is 391. The fraction of sp³-hybridized carbons (Fsp3) is 0.588. The molecule has 0 saturated carbocycles. The van der Waals surface area contributed by atoms with Gasteiger partial charge in [-0.3, -0.25) is 0 Å². The molecule has 2 heteroatoms. The van der Waals surface area contributed by atoms with Crippen molar-refractivity contribution < 1.29 is 4.74 Å². The van der Waals surface area contributed by atoms with E-state index in [2.05, 4.69) is 49.2 Å². The third kappa shape index (κ3) is 3.17. The number of hydrogen-bond acceptors (Lipinski definition) is 2. The van der Waals surface area contributed by atoms with Crippen LogP contribution in [-0.4, -0.2) is 12.0 Å². The van der Waals surface area contributed by atoms with Crippen LogP contribution in [0.25, 0.3) is 0 Å². The Morgan fingerprint density at radius 3 is 2.26 bits per heavy atom. The van der Waals surface area contributed by atoms with Crippen LogP contribution in [0.4, 0.5) is 0 Å². The zero-order valence-corrected chi connectivity index (χ0v) is 12.1. The Labute approximate surface area is 116 Å².